The number of carbonyl (C=O) groups is 1. The normalized spacial score (nSPS) is 23.9. The molecule has 2 rings (SSSR count). The van der Waals surface area contributed by atoms with E-state index in [4.69, 9.17) is 4.74 Å². The van der Waals surface area contributed by atoms with Crippen molar-refractivity contribution < 1.29 is 9.53 Å². The number of hydrogen-bond donors (Lipinski definition) is 2. The molecular weight excluding hydrogens is 252 g/mol. The molecule has 20 heavy (non-hydrogen) atoms. The van der Waals surface area contributed by atoms with Crippen LogP contribution in [0.25, 0.3) is 0 Å². The van der Waals surface area contributed by atoms with Crippen LogP contribution in [0.2, 0.25) is 0 Å². The lowest BCUT2D eigenvalue weighted by Crippen LogP contribution is -2.49. The molecule has 0 aliphatic carbocycles. The van der Waals surface area contributed by atoms with Crippen LogP contribution in [0.4, 0.5) is 0 Å². The van der Waals surface area contributed by atoms with Crippen LogP contribution in [0.5, 0.6) is 5.75 Å². The zero-order valence-electron chi connectivity index (χ0n) is 12.5. The van der Waals surface area contributed by atoms with Crippen LogP contribution in [0, 0.1) is 6.92 Å². The van der Waals surface area contributed by atoms with Gasteiger partial charge in [-0.1, -0.05) is 12.1 Å². The standard InChI is InChI=1S/C16H24N2O2/c1-11-5-4-6-15(9-11)20-13(3)16(19)18-14-7-8-17-12(2)10-14/h4-6,9,12-14,17H,7-8,10H2,1-3H3,(H,18,19). The third-order valence-corrected chi connectivity index (χ3v) is 3.64. The summed E-state index contributed by atoms with van der Waals surface area (Å²) in [7, 11) is 0. The summed E-state index contributed by atoms with van der Waals surface area (Å²) in [6.45, 7) is 6.90. The van der Waals surface area contributed by atoms with E-state index in [1.165, 1.54) is 0 Å². The van der Waals surface area contributed by atoms with Crippen LogP contribution in [-0.2, 0) is 4.79 Å². The molecule has 1 saturated heterocycles. The molecule has 0 spiro atoms. The number of amides is 1. The van der Waals surface area contributed by atoms with Crippen molar-refractivity contribution >= 4 is 5.91 Å². The highest BCUT2D eigenvalue weighted by atomic mass is 16.5. The number of hydrogen-bond acceptors (Lipinski definition) is 3. The van der Waals surface area contributed by atoms with E-state index in [0.29, 0.717) is 6.04 Å². The lowest BCUT2D eigenvalue weighted by Gasteiger charge is -2.29. The lowest BCUT2D eigenvalue weighted by molar-refractivity contribution is -0.128. The smallest absolute Gasteiger partial charge is 0.260 e. The zero-order chi connectivity index (χ0) is 14.5. The average Bonchev–Trinajstić information content (AvgIpc) is 2.38. The average molecular weight is 276 g/mol. The molecule has 4 heteroatoms. The van der Waals surface area contributed by atoms with Gasteiger partial charge in [-0.05, 0) is 57.9 Å². The van der Waals surface area contributed by atoms with Crippen molar-refractivity contribution in [2.45, 2.75) is 51.8 Å². The van der Waals surface area contributed by atoms with Gasteiger partial charge in [0.25, 0.3) is 5.91 Å². The monoisotopic (exact) mass is 276 g/mol. The minimum Gasteiger partial charge on any atom is -0.481 e. The summed E-state index contributed by atoms with van der Waals surface area (Å²) >= 11 is 0. The summed E-state index contributed by atoms with van der Waals surface area (Å²) in [4.78, 5) is 12.2. The van der Waals surface area contributed by atoms with E-state index in [9.17, 15) is 4.79 Å². The predicted octanol–water partition coefficient (Wildman–Crippen LogP) is 2.02. The van der Waals surface area contributed by atoms with Gasteiger partial charge in [-0.2, -0.15) is 0 Å². The molecule has 0 aromatic heterocycles. The van der Waals surface area contributed by atoms with Gasteiger partial charge in [-0.3, -0.25) is 4.79 Å². The van der Waals surface area contributed by atoms with E-state index in [-0.39, 0.29) is 11.9 Å². The van der Waals surface area contributed by atoms with E-state index < -0.39 is 6.10 Å². The number of benzene rings is 1. The van der Waals surface area contributed by atoms with Crippen molar-refractivity contribution in [3.8, 4) is 5.75 Å². The lowest BCUT2D eigenvalue weighted by atomic mass is 10.0. The van der Waals surface area contributed by atoms with Crippen LogP contribution in [0.1, 0.15) is 32.3 Å². The van der Waals surface area contributed by atoms with E-state index in [0.717, 1.165) is 30.7 Å². The molecule has 3 atom stereocenters. The SMILES string of the molecule is Cc1cccc(OC(C)C(=O)NC2CCNC(C)C2)c1. The fourth-order valence-corrected chi connectivity index (χ4v) is 2.53. The fourth-order valence-electron chi connectivity index (χ4n) is 2.53. The van der Waals surface area contributed by atoms with Crippen LogP contribution < -0.4 is 15.4 Å². The molecule has 3 unspecified atom stereocenters. The Morgan fingerprint density at radius 2 is 2.30 bits per heavy atom. The Labute approximate surface area is 120 Å². The Kier molecular flexibility index (Phi) is 5.01. The summed E-state index contributed by atoms with van der Waals surface area (Å²) in [5.41, 5.74) is 1.13. The first-order valence-electron chi connectivity index (χ1n) is 7.31. The zero-order valence-corrected chi connectivity index (χ0v) is 12.5. The summed E-state index contributed by atoms with van der Waals surface area (Å²) in [5.74, 6) is 0.705. The van der Waals surface area contributed by atoms with Crippen molar-refractivity contribution in [2.24, 2.45) is 0 Å². The fraction of sp³-hybridized carbons (Fsp3) is 0.562. The molecule has 1 fully saturated rings. The maximum atomic E-state index is 12.2. The van der Waals surface area contributed by atoms with E-state index in [1.54, 1.807) is 6.92 Å². The third-order valence-electron chi connectivity index (χ3n) is 3.64. The van der Waals surface area contributed by atoms with Crippen molar-refractivity contribution in [3.63, 3.8) is 0 Å². The van der Waals surface area contributed by atoms with Crippen LogP contribution in [0.3, 0.4) is 0 Å². The van der Waals surface area contributed by atoms with Gasteiger partial charge in [0.05, 0.1) is 0 Å². The molecule has 1 aliphatic rings. The van der Waals surface area contributed by atoms with Crippen molar-refractivity contribution in [3.05, 3.63) is 29.8 Å². The van der Waals surface area contributed by atoms with Gasteiger partial charge in [-0.25, -0.2) is 0 Å². The minimum absolute atomic E-state index is 0.0365. The maximum absolute atomic E-state index is 12.2. The highest BCUT2D eigenvalue weighted by molar-refractivity contribution is 5.81. The van der Waals surface area contributed by atoms with E-state index in [2.05, 4.69) is 17.6 Å². The van der Waals surface area contributed by atoms with Crippen molar-refractivity contribution in [1.82, 2.24) is 10.6 Å². The first kappa shape index (κ1) is 14.9. The first-order chi connectivity index (χ1) is 9.54. The van der Waals surface area contributed by atoms with Gasteiger partial charge in [0.2, 0.25) is 0 Å². The van der Waals surface area contributed by atoms with Gasteiger partial charge < -0.3 is 15.4 Å². The third kappa shape index (κ3) is 4.23. The quantitative estimate of drug-likeness (QED) is 0.884. The topological polar surface area (TPSA) is 50.4 Å². The second-order valence-corrected chi connectivity index (χ2v) is 5.66. The van der Waals surface area contributed by atoms with Crippen LogP contribution in [0.15, 0.2) is 24.3 Å². The predicted molar refractivity (Wildman–Crippen MR) is 79.9 cm³/mol. The molecule has 1 aromatic carbocycles. The van der Waals surface area contributed by atoms with Crippen LogP contribution >= 0.6 is 0 Å². The van der Waals surface area contributed by atoms with Gasteiger partial charge in [0.15, 0.2) is 6.10 Å². The van der Waals surface area contributed by atoms with Gasteiger partial charge in [0.1, 0.15) is 5.75 Å². The highest BCUT2D eigenvalue weighted by Crippen LogP contribution is 2.15. The molecule has 4 nitrogen and oxygen atoms in total. The molecule has 1 amide bonds. The molecule has 0 radical (unpaired) electrons. The molecule has 1 aromatic rings. The number of rotatable bonds is 4. The van der Waals surface area contributed by atoms with E-state index >= 15 is 0 Å². The summed E-state index contributed by atoms with van der Waals surface area (Å²) in [6, 6.07) is 8.47. The number of ether oxygens (including phenoxy) is 1. The Bertz CT molecular complexity index is 462. The summed E-state index contributed by atoms with van der Waals surface area (Å²) in [6.07, 6.45) is 1.48. The number of nitrogens with one attached hydrogen (secondary N) is 2. The molecule has 1 heterocycles. The molecule has 1 aliphatic heterocycles. The molecule has 0 saturated carbocycles. The Balaban J connectivity index is 1.85. The van der Waals surface area contributed by atoms with Gasteiger partial charge in [-0.15, -0.1) is 0 Å². The Morgan fingerprint density at radius 1 is 1.50 bits per heavy atom. The summed E-state index contributed by atoms with van der Waals surface area (Å²) < 4.78 is 5.70. The molecular formula is C16H24N2O2. The van der Waals surface area contributed by atoms with Gasteiger partial charge >= 0.3 is 0 Å². The number of aryl methyl sites for hydroxylation is 1. The Morgan fingerprint density at radius 3 is 3.00 bits per heavy atom. The number of piperidine rings is 1. The number of carbonyl (C=O) groups excluding carboxylic acids is 1. The van der Waals surface area contributed by atoms with Crippen molar-refractivity contribution in [1.29, 1.82) is 0 Å². The first-order valence-corrected chi connectivity index (χ1v) is 7.31. The molecule has 2 N–H and O–H groups in total. The largest absolute Gasteiger partial charge is 0.481 e. The Hall–Kier alpha value is -1.55. The van der Waals surface area contributed by atoms with Gasteiger partial charge in [0, 0.05) is 12.1 Å². The molecule has 0 bridgehead atoms. The minimum atomic E-state index is -0.470. The van der Waals surface area contributed by atoms with E-state index in [1.807, 2.05) is 31.2 Å². The highest BCUT2D eigenvalue weighted by Gasteiger charge is 2.23. The molecule has 110 valence electrons. The van der Waals surface area contributed by atoms with Crippen molar-refractivity contribution in [2.75, 3.05) is 6.54 Å². The van der Waals surface area contributed by atoms with Crippen LogP contribution in [-0.4, -0.2) is 30.6 Å². The second kappa shape index (κ2) is 6.75. The second-order valence-electron chi connectivity index (χ2n) is 5.66. The summed E-state index contributed by atoms with van der Waals surface area (Å²) in [5, 5.41) is 6.46. The maximum Gasteiger partial charge on any atom is 0.260 e.